The monoisotopic (exact) mass is 696 g/mol. The van der Waals surface area contributed by atoms with Crippen molar-refractivity contribution in [1.82, 2.24) is 9.97 Å². The van der Waals surface area contributed by atoms with Crippen molar-refractivity contribution in [3.63, 3.8) is 0 Å². The van der Waals surface area contributed by atoms with E-state index in [2.05, 4.69) is 41.4 Å². The number of ether oxygens (including phenoxy) is 7. The van der Waals surface area contributed by atoms with Crippen LogP contribution in [0.25, 0.3) is 44.5 Å². The Morgan fingerprint density at radius 1 is 0.327 bits per heavy atom. The van der Waals surface area contributed by atoms with Gasteiger partial charge >= 0.3 is 0 Å². The lowest BCUT2D eigenvalue weighted by Crippen LogP contribution is -2.02. The molecule has 0 saturated heterocycles. The van der Waals surface area contributed by atoms with Crippen LogP contribution < -0.4 is 33.2 Å². The van der Waals surface area contributed by atoms with Crippen molar-refractivity contribution in [1.29, 1.82) is 0 Å². The van der Waals surface area contributed by atoms with Crippen molar-refractivity contribution in [2.24, 2.45) is 0 Å². The molecule has 6 aromatic rings. The van der Waals surface area contributed by atoms with Crippen LogP contribution in [0.2, 0.25) is 0 Å². The van der Waals surface area contributed by atoms with Gasteiger partial charge in [-0.05, 0) is 70.3 Å². The Bertz CT molecular complexity index is 2280. The van der Waals surface area contributed by atoms with E-state index in [0.717, 1.165) is 72.5 Å². The summed E-state index contributed by atoms with van der Waals surface area (Å²) >= 11 is 0. The van der Waals surface area contributed by atoms with Gasteiger partial charge in [-0.3, -0.25) is 9.97 Å². The fourth-order valence-corrected chi connectivity index (χ4v) is 6.97. The van der Waals surface area contributed by atoms with Gasteiger partial charge in [-0.2, -0.15) is 0 Å². The second-order valence-corrected chi connectivity index (χ2v) is 12.4. The molecule has 264 valence electrons. The molecule has 1 aliphatic rings. The second-order valence-electron chi connectivity index (χ2n) is 12.4. The molecule has 0 aliphatic heterocycles. The minimum Gasteiger partial charge on any atom is -0.496 e. The molecule has 2 heterocycles. The maximum atomic E-state index is 5.92. The van der Waals surface area contributed by atoms with Crippen molar-refractivity contribution in [2.75, 3.05) is 49.8 Å². The summed E-state index contributed by atoms with van der Waals surface area (Å²) < 4.78 is 41.4. The molecule has 1 aliphatic carbocycles. The lowest BCUT2D eigenvalue weighted by molar-refractivity contribution is 0.389. The normalized spacial score (nSPS) is 11.6. The van der Waals surface area contributed by atoms with Crippen LogP contribution in [0.3, 0.4) is 0 Å². The first-order valence-corrected chi connectivity index (χ1v) is 16.7. The highest BCUT2D eigenvalue weighted by molar-refractivity contribution is 5.81. The van der Waals surface area contributed by atoms with Gasteiger partial charge in [0.25, 0.3) is 0 Å². The number of benzene rings is 4. The Labute approximate surface area is 303 Å². The molecule has 2 aromatic heterocycles. The van der Waals surface area contributed by atoms with Crippen LogP contribution in [-0.2, 0) is 12.8 Å². The molecule has 0 amide bonds. The van der Waals surface area contributed by atoms with E-state index in [0.29, 0.717) is 47.3 Å². The van der Waals surface area contributed by atoms with Crippen LogP contribution in [0, 0.1) is 0 Å². The van der Waals surface area contributed by atoms with Crippen LogP contribution in [-0.4, -0.2) is 59.7 Å². The molecule has 0 N–H and O–H groups in total. The summed E-state index contributed by atoms with van der Waals surface area (Å²) in [5.41, 5.74) is 11.0. The summed E-state index contributed by atoms with van der Waals surface area (Å²) in [6, 6.07) is 22.5. The van der Waals surface area contributed by atoms with Crippen LogP contribution in [0.15, 0.2) is 91.5 Å². The maximum absolute atomic E-state index is 5.92. The van der Waals surface area contributed by atoms with Crippen LogP contribution in [0.4, 0.5) is 0 Å². The summed E-state index contributed by atoms with van der Waals surface area (Å²) in [5.74, 6) is 4.83. The van der Waals surface area contributed by atoms with Gasteiger partial charge < -0.3 is 33.2 Å². The molecule has 0 unspecified atom stereocenters. The highest BCUT2D eigenvalue weighted by atomic mass is 16.5. The average molecular weight is 697 g/mol. The van der Waals surface area contributed by atoms with E-state index in [1.165, 1.54) is 0 Å². The summed E-state index contributed by atoms with van der Waals surface area (Å²) in [6.45, 7) is 0. The first kappa shape index (κ1) is 34.2. The highest BCUT2D eigenvalue weighted by Crippen LogP contribution is 2.44. The van der Waals surface area contributed by atoms with E-state index in [9.17, 15) is 0 Å². The molecule has 4 aromatic carbocycles. The number of hydrogen-bond acceptors (Lipinski definition) is 9. The number of hydrogen-bond donors (Lipinski definition) is 0. The molecule has 0 fully saturated rings. The Morgan fingerprint density at radius 3 is 1.06 bits per heavy atom. The SMILES string of the molecule is COc1ccc2cc1Cc1cc(c(OC)cc1OC)-c1cncc(c1)-c1cc(c(OC)cc1OC)Cc1cc(c(OC)cc1OC)-c1cncc-2c1. The van der Waals surface area contributed by atoms with Gasteiger partial charge in [-0.25, -0.2) is 0 Å². The van der Waals surface area contributed by atoms with E-state index in [1.54, 1.807) is 49.8 Å². The van der Waals surface area contributed by atoms with E-state index in [4.69, 9.17) is 38.1 Å². The smallest absolute Gasteiger partial charge is 0.130 e. The molecule has 0 saturated carbocycles. The molecule has 0 radical (unpaired) electrons. The molecule has 12 bridgehead atoms. The number of aromatic nitrogens is 2. The number of pyridine rings is 2. The summed E-state index contributed by atoms with van der Waals surface area (Å²) in [6.07, 6.45) is 8.42. The van der Waals surface area contributed by atoms with Crippen LogP contribution in [0.1, 0.15) is 22.3 Å². The fourth-order valence-electron chi connectivity index (χ4n) is 6.97. The maximum Gasteiger partial charge on any atom is 0.130 e. The molecule has 0 atom stereocenters. The zero-order valence-electron chi connectivity index (χ0n) is 30.3. The third kappa shape index (κ3) is 6.30. The Kier molecular flexibility index (Phi) is 9.59. The summed E-state index contributed by atoms with van der Waals surface area (Å²) in [4.78, 5) is 9.38. The van der Waals surface area contributed by atoms with Gasteiger partial charge in [0, 0.05) is 94.8 Å². The molecular weight excluding hydrogens is 656 g/mol. The number of nitrogens with zero attached hydrogens (tertiary/aromatic N) is 2. The van der Waals surface area contributed by atoms with Gasteiger partial charge in [0.15, 0.2) is 0 Å². The quantitative estimate of drug-likeness (QED) is 0.162. The average Bonchev–Trinajstić information content (AvgIpc) is 3.20. The van der Waals surface area contributed by atoms with E-state index in [-0.39, 0.29) is 0 Å². The van der Waals surface area contributed by atoms with Crippen molar-refractivity contribution in [2.45, 2.75) is 12.8 Å². The molecular formula is C43H40N2O7. The zero-order chi connectivity index (χ0) is 36.4. The Morgan fingerprint density at radius 2 is 0.673 bits per heavy atom. The second kappa shape index (κ2) is 14.6. The predicted molar refractivity (Wildman–Crippen MR) is 202 cm³/mol. The predicted octanol–water partition coefficient (Wildman–Crippen LogP) is 8.70. The van der Waals surface area contributed by atoms with Gasteiger partial charge in [0.1, 0.15) is 40.2 Å². The Hall–Kier alpha value is -6.22. The number of fused-ring (bicyclic) bond motifs is 16. The van der Waals surface area contributed by atoms with Crippen molar-refractivity contribution in [3.05, 3.63) is 114 Å². The highest BCUT2D eigenvalue weighted by Gasteiger charge is 2.21. The van der Waals surface area contributed by atoms with Gasteiger partial charge in [-0.1, -0.05) is 6.07 Å². The number of methoxy groups -OCH3 is 7. The van der Waals surface area contributed by atoms with Crippen LogP contribution >= 0.6 is 0 Å². The van der Waals surface area contributed by atoms with Crippen LogP contribution in [0.5, 0.6) is 40.2 Å². The van der Waals surface area contributed by atoms with E-state index >= 15 is 0 Å². The topological polar surface area (TPSA) is 90.4 Å². The molecule has 7 rings (SSSR count). The molecule has 0 spiro atoms. The van der Waals surface area contributed by atoms with Gasteiger partial charge in [0.2, 0.25) is 0 Å². The molecule has 9 heteroatoms. The largest absolute Gasteiger partial charge is 0.496 e. The Balaban J connectivity index is 1.54. The zero-order valence-corrected chi connectivity index (χ0v) is 30.3. The molecule has 52 heavy (non-hydrogen) atoms. The number of rotatable bonds is 7. The van der Waals surface area contributed by atoms with E-state index < -0.39 is 0 Å². The van der Waals surface area contributed by atoms with Gasteiger partial charge in [0.05, 0.1) is 49.8 Å². The van der Waals surface area contributed by atoms with Crippen molar-refractivity contribution >= 4 is 0 Å². The lowest BCUT2D eigenvalue weighted by atomic mass is 9.92. The lowest BCUT2D eigenvalue weighted by Gasteiger charge is -2.19. The third-order valence-electron chi connectivity index (χ3n) is 9.59. The molecule has 9 nitrogen and oxygen atoms in total. The third-order valence-corrected chi connectivity index (χ3v) is 9.59. The minimum absolute atomic E-state index is 0.498. The van der Waals surface area contributed by atoms with E-state index in [1.807, 2.05) is 55.1 Å². The minimum atomic E-state index is 0.498. The summed E-state index contributed by atoms with van der Waals surface area (Å²) in [7, 11) is 11.7. The fraction of sp³-hybridized carbons (Fsp3) is 0.209. The van der Waals surface area contributed by atoms with Crippen molar-refractivity contribution in [3.8, 4) is 84.8 Å². The summed E-state index contributed by atoms with van der Waals surface area (Å²) in [5, 5.41) is 0. The van der Waals surface area contributed by atoms with Crippen molar-refractivity contribution < 1.29 is 33.2 Å². The first-order chi connectivity index (χ1) is 25.4. The first-order valence-electron chi connectivity index (χ1n) is 16.7. The standard InChI is InChI=1S/C43H40N2O7/c1-46-37-9-8-25-10-26(37)11-27-15-35(42(51-6)18-38(27)47-2)32-14-33(24-45-23-32)36-17-29(40(49-4)20-43(36)52-7)12-28-16-34(31-13-30(25)21-44-22-31)41(50-5)19-39(28)48-3/h8-10,13-24H,11-12H2,1-7H3. The van der Waals surface area contributed by atoms with Gasteiger partial charge in [-0.15, -0.1) is 0 Å².